The molecule has 11 nitrogen and oxygen atoms in total. The van der Waals surface area contributed by atoms with Gasteiger partial charge < -0.3 is 30.1 Å². The Balaban J connectivity index is 1.19. The summed E-state index contributed by atoms with van der Waals surface area (Å²) in [5.41, 5.74) is 6.95. The van der Waals surface area contributed by atoms with Crippen molar-refractivity contribution in [3.8, 4) is 11.1 Å². The predicted octanol–water partition coefficient (Wildman–Crippen LogP) is 6.19. The van der Waals surface area contributed by atoms with Crippen LogP contribution < -0.4 is 15.5 Å². The number of nitro benzene ring substituents is 1. The molecule has 6 rings (SSSR count). The number of hydrogen-bond donors (Lipinski definition) is 3. The first-order valence-electron chi connectivity index (χ1n) is 17.2. The van der Waals surface area contributed by atoms with Crippen LogP contribution in [-0.2, 0) is 22.6 Å². The maximum Gasteiger partial charge on any atom is 0.315 e. The van der Waals surface area contributed by atoms with Crippen LogP contribution in [0.2, 0.25) is 0 Å². The summed E-state index contributed by atoms with van der Waals surface area (Å²) in [6.07, 6.45) is -0.933. The maximum atomic E-state index is 11.9. The number of ether oxygens (including phenoxy) is 2. The normalized spacial score (nSPS) is 21.1. The van der Waals surface area contributed by atoms with E-state index in [1.807, 2.05) is 67.6 Å². The van der Waals surface area contributed by atoms with Crippen molar-refractivity contribution in [1.29, 1.82) is 0 Å². The Morgan fingerprint density at radius 2 is 1.56 bits per heavy atom. The molecule has 262 valence electrons. The third kappa shape index (κ3) is 8.48. The Bertz CT molecular complexity index is 1740. The smallest absolute Gasteiger partial charge is 0.315 e. The molecule has 4 aromatic carbocycles. The van der Waals surface area contributed by atoms with Gasteiger partial charge in [-0.05, 0) is 59.0 Å². The molecule has 2 heterocycles. The molecule has 0 aromatic heterocycles. The Morgan fingerprint density at radius 3 is 2.24 bits per heavy atom. The van der Waals surface area contributed by atoms with Crippen molar-refractivity contribution in [2.75, 3.05) is 44.2 Å². The molecule has 2 aliphatic heterocycles. The summed E-state index contributed by atoms with van der Waals surface area (Å²) >= 11 is 0. The Kier molecular flexibility index (Phi) is 11.4. The number of urea groups is 1. The molecule has 0 aliphatic carbocycles. The number of hydrogen-bond acceptors (Lipinski definition) is 8. The zero-order valence-electron chi connectivity index (χ0n) is 28.5. The van der Waals surface area contributed by atoms with Gasteiger partial charge in [-0.15, -0.1) is 0 Å². The van der Waals surface area contributed by atoms with Gasteiger partial charge in [-0.1, -0.05) is 67.6 Å². The molecule has 2 amide bonds. The number of rotatable bonds is 11. The first-order chi connectivity index (χ1) is 24.3. The van der Waals surface area contributed by atoms with Gasteiger partial charge in [0.25, 0.3) is 5.69 Å². The first-order valence-corrected chi connectivity index (χ1v) is 17.2. The van der Waals surface area contributed by atoms with E-state index in [1.165, 1.54) is 0 Å². The standard InChI is InChI=1S/C39H45N5O6/c1-3-40-39(46)41-24-29-6-4-7-31(22-29)32-8-5-9-33(23-32)38-49-36(27(2)37(50-38)30-12-10-28(26-45)11-13-30)25-42-18-20-43(21-19-42)34-14-16-35(17-15-34)44(47)48/h4-17,22-23,27,36-38,45H,3,18-21,24-26H2,1-2H3,(H2,40,41,46)/t27-,36+,37+,38+/m1/s1. The summed E-state index contributed by atoms with van der Waals surface area (Å²) in [6.45, 7) is 9.07. The van der Waals surface area contributed by atoms with Gasteiger partial charge in [0.15, 0.2) is 6.29 Å². The number of nitrogens with one attached hydrogen (secondary N) is 2. The molecule has 3 N–H and O–H groups in total. The van der Waals surface area contributed by atoms with E-state index in [2.05, 4.69) is 51.6 Å². The van der Waals surface area contributed by atoms with Gasteiger partial charge in [-0.2, -0.15) is 0 Å². The number of amides is 2. The van der Waals surface area contributed by atoms with Crippen LogP contribution in [0.25, 0.3) is 11.1 Å². The number of nitrogens with zero attached hydrogens (tertiary/aromatic N) is 3. The number of benzene rings is 4. The zero-order valence-corrected chi connectivity index (χ0v) is 28.5. The molecule has 0 spiro atoms. The van der Waals surface area contributed by atoms with Crippen molar-refractivity contribution >= 4 is 17.4 Å². The van der Waals surface area contributed by atoms with E-state index in [1.54, 1.807) is 12.1 Å². The molecule has 0 radical (unpaired) electrons. The minimum absolute atomic E-state index is 0.0163. The van der Waals surface area contributed by atoms with Crippen molar-refractivity contribution in [2.45, 2.75) is 45.5 Å². The molecule has 50 heavy (non-hydrogen) atoms. The summed E-state index contributed by atoms with van der Waals surface area (Å²) in [5, 5.41) is 26.4. The van der Waals surface area contributed by atoms with Crippen molar-refractivity contribution in [3.05, 3.63) is 129 Å². The van der Waals surface area contributed by atoms with Gasteiger partial charge in [0.05, 0.1) is 23.7 Å². The summed E-state index contributed by atoms with van der Waals surface area (Å²) in [5.74, 6) is 0.0520. The number of carbonyl (C=O) groups is 1. The Labute approximate surface area is 293 Å². The lowest BCUT2D eigenvalue weighted by molar-refractivity contribution is -0.384. The monoisotopic (exact) mass is 679 g/mol. The fraction of sp³-hybridized carbons (Fsp3) is 0.359. The van der Waals surface area contributed by atoms with Gasteiger partial charge in [0, 0.05) is 75.1 Å². The summed E-state index contributed by atoms with van der Waals surface area (Å²) in [4.78, 5) is 27.4. The van der Waals surface area contributed by atoms with E-state index >= 15 is 0 Å². The minimum atomic E-state index is -0.595. The van der Waals surface area contributed by atoms with Crippen molar-refractivity contribution in [3.63, 3.8) is 0 Å². The first kappa shape index (κ1) is 35.0. The number of aliphatic hydroxyl groups excluding tert-OH is 1. The molecule has 4 aromatic rings. The van der Waals surface area contributed by atoms with Crippen molar-refractivity contribution < 1.29 is 24.3 Å². The molecule has 2 saturated heterocycles. The Hall–Kier alpha value is -4.81. The van der Waals surface area contributed by atoms with Crippen LogP contribution in [0.3, 0.4) is 0 Å². The summed E-state index contributed by atoms with van der Waals surface area (Å²) < 4.78 is 13.6. The number of aliphatic hydroxyl groups is 1. The average molecular weight is 680 g/mol. The second-order valence-electron chi connectivity index (χ2n) is 12.9. The number of non-ortho nitro benzene ring substituents is 1. The van der Waals surface area contributed by atoms with Gasteiger partial charge in [0.2, 0.25) is 0 Å². The third-order valence-electron chi connectivity index (χ3n) is 9.57. The molecular formula is C39H45N5O6. The third-order valence-corrected chi connectivity index (χ3v) is 9.57. The number of nitro groups is 1. The summed E-state index contributed by atoms with van der Waals surface area (Å²) in [7, 11) is 0. The van der Waals surface area contributed by atoms with E-state index in [0.717, 1.165) is 71.8 Å². The highest BCUT2D eigenvalue weighted by Gasteiger charge is 2.39. The minimum Gasteiger partial charge on any atom is -0.392 e. The lowest BCUT2D eigenvalue weighted by atomic mass is 9.89. The fourth-order valence-electron chi connectivity index (χ4n) is 6.69. The quantitative estimate of drug-likeness (QED) is 0.127. The van der Waals surface area contributed by atoms with Gasteiger partial charge in [0.1, 0.15) is 0 Å². The number of piperazine rings is 1. The lowest BCUT2D eigenvalue weighted by Gasteiger charge is -2.44. The number of anilines is 1. The van der Waals surface area contributed by atoms with Crippen LogP contribution in [0.15, 0.2) is 97.1 Å². The Morgan fingerprint density at radius 1 is 0.860 bits per heavy atom. The summed E-state index contributed by atoms with van der Waals surface area (Å²) in [6, 6.07) is 30.9. The van der Waals surface area contributed by atoms with Gasteiger partial charge in [-0.3, -0.25) is 15.0 Å². The molecule has 0 saturated carbocycles. The highest BCUT2D eigenvalue weighted by molar-refractivity contribution is 5.74. The van der Waals surface area contributed by atoms with E-state index < -0.39 is 6.29 Å². The van der Waals surface area contributed by atoms with Crippen LogP contribution in [0, 0.1) is 16.0 Å². The predicted molar refractivity (Wildman–Crippen MR) is 193 cm³/mol. The van der Waals surface area contributed by atoms with Crippen molar-refractivity contribution in [2.24, 2.45) is 5.92 Å². The van der Waals surface area contributed by atoms with Crippen LogP contribution in [-0.4, -0.2) is 66.3 Å². The highest BCUT2D eigenvalue weighted by Crippen LogP contribution is 2.42. The zero-order chi connectivity index (χ0) is 35.0. The van der Waals surface area contributed by atoms with E-state index in [-0.39, 0.29) is 41.4 Å². The SMILES string of the molecule is CCNC(=O)NCc1cccc(-c2cccc([C@H]3O[C@@H](CN4CCN(c5ccc([N+](=O)[O-])cc5)CC4)[C@@H](C)[C@@H](c4ccc(CO)cc4)O3)c2)c1. The highest BCUT2D eigenvalue weighted by atomic mass is 16.7. The molecule has 4 atom stereocenters. The van der Waals surface area contributed by atoms with Gasteiger partial charge >= 0.3 is 6.03 Å². The second kappa shape index (κ2) is 16.3. The topological polar surface area (TPSA) is 129 Å². The maximum absolute atomic E-state index is 11.9. The average Bonchev–Trinajstić information content (AvgIpc) is 3.15. The van der Waals surface area contributed by atoms with E-state index in [0.29, 0.717) is 13.1 Å². The van der Waals surface area contributed by atoms with Crippen LogP contribution >= 0.6 is 0 Å². The molecule has 2 aliphatic rings. The van der Waals surface area contributed by atoms with Crippen LogP contribution in [0.4, 0.5) is 16.2 Å². The fourth-order valence-corrected chi connectivity index (χ4v) is 6.69. The van der Waals surface area contributed by atoms with E-state index in [4.69, 9.17) is 9.47 Å². The lowest BCUT2D eigenvalue weighted by Crippen LogP contribution is -2.51. The van der Waals surface area contributed by atoms with Crippen molar-refractivity contribution in [1.82, 2.24) is 15.5 Å². The second-order valence-corrected chi connectivity index (χ2v) is 12.9. The molecule has 0 unspecified atom stereocenters. The molecule has 0 bridgehead atoms. The number of carbonyl (C=O) groups excluding carboxylic acids is 1. The molecular weight excluding hydrogens is 634 g/mol. The van der Waals surface area contributed by atoms with E-state index in [9.17, 15) is 20.0 Å². The van der Waals surface area contributed by atoms with Gasteiger partial charge in [-0.25, -0.2) is 4.79 Å². The largest absolute Gasteiger partial charge is 0.392 e. The van der Waals surface area contributed by atoms with Crippen LogP contribution in [0.1, 0.15) is 48.5 Å². The molecule has 11 heteroatoms. The van der Waals surface area contributed by atoms with Crippen LogP contribution in [0.5, 0.6) is 0 Å². The molecule has 2 fully saturated rings.